The third-order valence-corrected chi connectivity index (χ3v) is 3.34. The van der Waals surface area contributed by atoms with E-state index in [2.05, 4.69) is 5.32 Å². The maximum atomic E-state index is 12.0. The van der Waals surface area contributed by atoms with Gasteiger partial charge in [-0.15, -0.1) is 0 Å². The van der Waals surface area contributed by atoms with Crippen LogP contribution in [0.1, 0.15) is 12.8 Å². The first kappa shape index (κ1) is 14.3. The molecule has 20 heavy (non-hydrogen) atoms. The molecule has 1 heterocycles. The van der Waals surface area contributed by atoms with Gasteiger partial charge in [-0.1, -0.05) is 12.1 Å². The van der Waals surface area contributed by atoms with Crippen LogP contribution in [0.4, 0.5) is 11.4 Å². The SMILES string of the molecule is NC1CCCN(C(=O)CNc2ccccc2[N+](=O)[O-])C1. The molecule has 0 aliphatic carbocycles. The molecule has 1 aliphatic rings. The number of nitrogens with zero attached hydrogens (tertiary/aromatic N) is 2. The second kappa shape index (κ2) is 6.33. The van der Waals surface area contributed by atoms with E-state index in [0.29, 0.717) is 18.8 Å². The first-order chi connectivity index (χ1) is 9.58. The predicted molar refractivity (Wildman–Crippen MR) is 75.4 cm³/mol. The van der Waals surface area contributed by atoms with Crippen LogP contribution in [0.15, 0.2) is 24.3 Å². The fourth-order valence-corrected chi connectivity index (χ4v) is 2.30. The van der Waals surface area contributed by atoms with Crippen molar-refractivity contribution in [3.05, 3.63) is 34.4 Å². The molecule has 1 unspecified atom stereocenters. The molecule has 0 saturated carbocycles. The molecule has 1 fully saturated rings. The molecule has 0 aromatic heterocycles. The van der Waals surface area contributed by atoms with Crippen LogP contribution in [0.25, 0.3) is 0 Å². The summed E-state index contributed by atoms with van der Waals surface area (Å²) in [6.07, 6.45) is 1.83. The van der Waals surface area contributed by atoms with Gasteiger partial charge in [0.15, 0.2) is 0 Å². The van der Waals surface area contributed by atoms with Crippen LogP contribution in [-0.2, 0) is 4.79 Å². The Kier molecular flexibility index (Phi) is 4.52. The Morgan fingerprint density at radius 1 is 1.50 bits per heavy atom. The van der Waals surface area contributed by atoms with Gasteiger partial charge in [0, 0.05) is 25.2 Å². The Hall–Kier alpha value is -2.15. The monoisotopic (exact) mass is 278 g/mol. The Morgan fingerprint density at radius 3 is 2.95 bits per heavy atom. The smallest absolute Gasteiger partial charge is 0.292 e. The highest BCUT2D eigenvalue weighted by molar-refractivity contribution is 5.82. The van der Waals surface area contributed by atoms with E-state index >= 15 is 0 Å². The van der Waals surface area contributed by atoms with E-state index in [-0.39, 0.29) is 24.2 Å². The number of nitro benzene ring substituents is 1. The van der Waals surface area contributed by atoms with Crippen molar-refractivity contribution in [3.63, 3.8) is 0 Å². The Balaban J connectivity index is 1.95. The van der Waals surface area contributed by atoms with Crippen LogP contribution < -0.4 is 11.1 Å². The molecule has 0 bridgehead atoms. The first-order valence-corrected chi connectivity index (χ1v) is 6.58. The summed E-state index contributed by atoms with van der Waals surface area (Å²) in [4.78, 5) is 24.1. The number of hydrogen-bond donors (Lipinski definition) is 2. The summed E-state index contributed by atoms with van der Waals surface area (Å²) in [6, 6.07) is 6.31. The molecule has 7 heteroatoms. The number of para-hydroxylation sites is 2. The molecule has 1 aromatic rings. The van der Waals surface area contributed by atoms with E-state index in [9.17, 15) is 14.9 Å². The quantitative estimate of drug-likeness (QED) is 0.631. The zero-order chi connectivity index (χ0) is 14.5. The highest BCUT2D eigenvalue weighted by atomic mass is 16.6. The van der Waals surface area contributed by atoms with Gasteiger partial charge < -0.3 is 16.0 Å². The minimum Gasteiger partial charge on any atom is -0.371 e. The summed E-state index contributed by atoms with van der Waals surface area (Å²) in [5.74, 6) is -0.0849. The molecule has 108 valence electrons. The zero-order valence-corrected chi connectivity index (χ0v) is 11.1. The van der Waals surface area contributed by atoms with Crippen LogP contribution in [0, 0.1) is 10.1 Å². The summed E-state index contributed by atoms with van der Waals surface area (Å²) in [5, 5.41) is 13.7. The molecular weight excluding hydrogens is 260 g/mol. The van der Waals surface area contributed by atoms with Crippen molar-refractivity contribution in [1.29, 1.82) is 0 Å². The minimum absolute atomic E-state index is 0.0266. The van der Waals surface area contributed by atoms with Gasteiger partial charge in [0.25, 0.3) is 5.69 Å². The number of carbonyl (C=O) groups is 1. The lowest BCUT2D eigenvalue weighted by Crippen LogP contribution is -2.47. The number of amides is 1. The van der Waals surface area contributed by atoms with Gasteiger partial charge in [0.1, 0.15) is 5.69 Å². The number of nitrogens with two attached hydrogens (primary N) is 1. The van der Waals surface area contributed by atoms with E-state index in [4.69, 9.17) is 5.73 Å². The summed E-state index contributed by atoms with van der Waals surface area (Å²) in [7, 11) is 0. The lowest BCUT2D eigenvalue weighted by Gasteiger charge is -2.30. The largest absolute Gasteiger partial charge is 0.371 e. The van der Waals surface area contributed by atoms with Crippen LogP contribution in [0.5, 0.6) is 0 Å². The highest BCUT2D eigenvalue weighted by Gasteiger charge is 2.21. The molecule has 1 atom stereocenters. The van der Waals surface area contributed by atoms with Gasteiger partial charge in [-0.25, -0.2) is 0 Å². The number of hydrogen-bond acceptors (Lipinski definition) is 5. The van der Waals surface area contributed by atoms with Crippen molar-refractivity contribution in [2.45, 2.75) is 18.9 Å². The third-order valence-electron chi connectivity index (χ3n) is 3.34. The second-order valence-corrected chi connectivity index (χ2v) is 4.87. The Labute approximate surface area is 116 Å². The van der Waals surface area contributed by atoms with E-state index < -0.39 is 4.92 Å². The molecule has 1 aromatic carbocycles. The van der Waals surface area contributed by atoms with Gasteiger partial charge in [0.2, 0.25) is 5.91 Å². The van der Waals surface area contributed by atoms with Crippen molar-refractivity contribution in [1.82, 2.24) is 4.90 Å². The van der Waals surface area contributed by atoms with Crippen molar-refractivity contribution in [3.8, 4) is 0 Å². The van der Waals surface area contributed by atoms with Crippen LogP contribution in [-0.4, -0.2) is 41.4 Å². The van der Waals surface area contributed by atoms with Crippen molar-refractivity contribution in [2.24, 2.45) is 5.73 Å². The van der Waals surface area contributed by atoms with Crippen LogP contribution in [0.2, 0.25) is 0 Å². The molecule has 2 rings (SSSR count). The number of piperidine rings is 1. The topological polar surface area (TPSA) is 102 Å². The zero-order valence-electron chi connectivity index (χ0n) is 11.1. The summed E-state index contributed by atoms with van der Waals surface area (Å²) in [6.45, 7) is 1.29. The number of nitro groups is 1. The van der Waals surface area contributed by atoms with Gasteiger partial charge in [-0.05, 0) is 18.9 Å². The predicted octanol–water partition coefficient (Wildman–Crippen LogP) is 0.956. The van der Waals surface area contributed by atoms with Crippen LogP contribution in [0.3, 0.4) is 0 Å². The molecular formula is C13H18N4O3. The minimum atomic E-state index is -0.469. The number of likely N-dealkylation sites (tertiary alicyclic amines) is 1. The fraction of sp³-hybridized carbons (Fsp3) is 0.462. The number of anilines is 1. The number of carbonyl (C=O) groups excluding carboxylic acids is 1. The maximum absolute atomic E-state index is 12.0. The van der Waals surface area contributed by atoms with E-state index in [1.54, 1.807) is 23.1 Å². The lowest BCUT2D eigenvalue weighted by molar-refractivity contribution is -0.383. The highest BCUT2D eigenvalue weighted by Crippen LogP contribution is 2.22. The average Bonchev–Trinajstić information content (AvgIpc) is 2.45. The van der Waals surface area contributed by atoms with Gasteiger partial charge in [0.05, 0.1) is 11.5 Å². The molecule has 0 radical (unpaired) electrons. The molecule has 7 nitrogen and oxygen atoms in total. The van der Waals surface area contributed by atoms with Gasteiger partial charge in [-0.2, -0.15) is 0 Å². The average molecular weight is 278 g/mol. The van der Waals surface area contributed by atoms with Gasteiger partial charge in [-0.3, -0.25) is 14.9 Å². The van der Waals surface area contributed by atoms with Crippen molar-refractivity contribution >= 4 is 17.3 Å². The number of benzene rings is 1. The van der Waals surface area contributed by atoms with E-state index in [0.717, 1.165) is 12.8 Å². The normalized spacial score (nSPS) is 18.6. The van der Waals surface area contributed by atoms with Gasteiger partial charge >= 0.3 is 0 Å². The molecule has 3 N–H and O–H groups in total. The summed E-state index contributed by atoms with van der Waals surface area (Å²) in [5.41, 5.74) is 6.15. The molecule has 0 spiro atoms. The van der Waals surface area contributed by atoms with Crippen molar-refractivity contribution < 1.29 is 9.72 Å². The van der Waals surface area contributed by atoms with Crippen LogP contribution >= 0.6 is 0 Å². The number of nitrogens with one attached hydrogen (secondary N) is 1. The van der Waals surface area contributed by atoms with Crippen molar-refractivity contribution in [2.75, 3.05) is 25.0 Å². The third kappa shape index (κ3) is 3.45. The molecule has 1 aliphatic heterocycles. The molecule has 1 amide bonds. The van der Waals surface area contributed by atoms with E-state index in [1.165, 1.54) is 6.07 Å². The number of rotatable bonds is 4. The lowest BCUT2D eigenvalue weighted by atomic mass is 10.1. The standard InChI is InChI=1S/C13H18N4O3/c14-10-4-3-7-16(9-10)13(18)8-15-11-5-1-2-6-12(11)17(19)20/h1-2,5-6,10,15H,3-4,7-9,14H2. The maximum Gasteiger partial charge on any atom is 0.292 e. The first-order valence-electron chi connectivity index (χ1n) is 6.58. The summed E-state index contributed by atoms with van der Waals surface area (Å²) >= 11 is 0. The molecule has 1 saturated heterocycles. The Bertz CT molecular complexity index is 506. The fourth-order valence-electron chi connectivity index (χ4n) is 2.30. The second-order valence-electron chi connectivity index (χ2n) is 4.87. The Morgan fingerprint density at radius 2 is 2.25 bits per heavy atom. The summed E-state index contributed by atoms with van der Waals surface area (Å²) < 4.78 is 0. The van der Waals surface area contributed by atoms with E-state index in [1.807, 2.05) is 0 Å².